The second-order valence-corrected chi connectivity index (χ2v) is 22.3. The van der Waals surface area contributed by atoms with Gasteiger partial charge in [0.25, 0.3) is 13.4 Å². The molecule has 82 heavy (non-hydrogen) atoms. The number of hydrogen-bond donors (Lipinski definition) is 0. The van der Waals surface area contributed by atoms with Crippen molar-refractivity contribution >= 4 is 146 Å². The van der Waals surface area contributed by atoms with Crippen LogP contribution in [0.1, 0.15) is 0 Å². The monoisotopic (exact) mass is 1040 g/mol. The summed E-state index contributed by atoms with van der Waals surface area (Å²) in [5.41, 5.74) is 21.3. The van der Waals surface area contributed by atoms with Gasteiger partial charge in [-0.2, -0.15) is 0 Å². The van der Waals surface area contributed by atoms with Crippen LogP contribution < -0.4 is 52.1 Å². The average molecular weight is 1040 g/mol. The third-order valence-corrected chi connectivity index (χ3v) is 17.9. The van der Waals surface area contributed by atoms with Crippen LogP contribution in [0, 0.1) is 0 Å². The first-order valence-electron chi connectivity index (χ1n) is 28.1. The van der Waals surface area contributed by atoms with E-state index in [0.29, 0.717) is 0 Å². The number of furan rings is 2. The van der Waals surface area contributed by atoms with Gasteiger partial charge >= 0.3 is 0 Å². The summed E-state index contributed by atoms with van der Waals surface area (Å²) in [4.78, 5) is 4.96. The van der Waals surface area contributed by atoms with Crippen molar-refractivity contribution in [1.82, 2.24) is 0 Å². The Hall–Kier alpha value is -10.7. The first kappa shape index (κ1) is 44.2. The van der Waals surface area contributed by atoms with Crippen LogP contribution in [-0.2, 0) is 0 Å². The Morgan fingerprint density at radius 3 is 1.34 bits per heavy atom. The normalized spacial score (nSPS) is 13.5. The molecule has 6 nitrogen and oxygen atoms in total. The predicted octanol–water partition coefficient (Wildman–Crippen LogP) is 15.9. The fraction of sp³-hybridized carbons (Fsp3) is 0. The molecule has 0 atom stereocenters. The highest BCUT2D eigenvalue weighted by Gasteiger charge is 2.47. The zero-order chi connectivity index (χ0) is 53.3. The van der Waals surface area contributed by atoms with E-state index in [0.717, 1.165) is 150 Å². The van der Waals surface area contributed by atoms with Gasteiger partial charge in [0.05, 0.1) is 0 Å². The van der Waals surface area contributed by atoms with Crippen molar-refractivity contribution in [3.8, 4) is 45.3 Å². The maximum absolute atomic E-state index is 7.43. The van der Waals surface area contributed by atoms with Crippen molar-refractivity contribution < 1.29 is 18.3 Å². The van der Waals surface area contributed by atoms with Crippen LogP contribution in [0.2, 0.25) is 0 Å². The highest BCUT2D eigenvalue weighted by Crippen LogP contribution is 2.49. The minimum atomic E-state index is -0.161. The Bertz CT molecular complexity index is 5280. The summed E-state index contributed by atoms with van der Waals surface area (Å²) in [6.07, 6.45) is 0. The molecule has 0 amide bonds. The third kappa shape index (κ3) is 6.26. The molecule has 378 valence electrons. The Kier molecular flexibility index (Phi) is 8.86. The Labute approximate surface area is 471 Å². The predicted molar refractivity (Wildman–Crippen MR) is 339 cm³/mol. The van der Waals surface area contributed by atoms with Gasteiger partial charge in [0.2, 0.25) is 0 Å². The second-order valence-electron chi connectivity index (χ2n) is 22.3. The number of nitrogens with zero attached hydrogens (tertiary/aromatic N) is 2. The highest BCUT2D eigenvalue weighted by atomic mass is 16.5. The van der Waals surface area contributed by atoms with Crippen LogP contribution >= 0.6 is 0 Å². The molecule has 0 fully saturated rings. The number of para-hydroxylation sites is 4. The zero-order valence-electron chi connectivity index (χ0n) is 43.9. The summed E-state index contributed by atoms with van der Waals surface area (Å²) >= 11 is 0. The largest absolute Gasteiger partial charge is 0.458 e. The first-order chi connectivity index (χ1) is 40.6. The number of ether oxygens (including phenoxy) is 2. The van der Waals surface area contributed by atoms with Crippen LogP contribution in [0.4, 0.5) is 34.1 Å². The summed E-state index contributed by atoms with van der Waals surface area (Å²) in [6, 6.07) is 92.3. The van der Waals surface area contributed by atoms with Gasteiger partial charge in [-0.15, -0.1) is 0 Å². The Balaban J connectivity index is 0.838. The summed E-state index contributed by atoms with van der Waals surface area (Å²) < 4.78 is 27.5. The van der Waals surface area contributed by atoms with E-state index in [1.807, 2.05) is 0 Å². The topological polar surface area (TPSA) is 51.2 Å². The van der Waals surface area contributed by atoms with Crippen molar-refractivity contribution in [3.63, 3.8) is 0 Å². The van der Waals surface area contributed by atoms with Gasteiger partial charge in [0.15, 0.2) is 0 Å². The SMILES string of the molecule is c1ccc(N2c3ccccc3B3c4cc5c(cc4N(c4ccccc4)c4cc(-c6ccc7oc8cc9ccccc9cc8c7c6)cc2c43)Oc2cc(-c3ccc4oc6cc7ccccc7cc6c4c3)cc3c2B5c2ccccc2O3)cc1. The van der Waals surface area contributed by atoms with Gasteiger partial charge in [-0.05, 0) is 180 Å². The van der Waals surface area contributed by atoms with Crippen molar-refractivity contribution in [2.75, 3.05) is 9.80 Å². The van der Waals surface area contributed by atoms with Gasteiger partial charge in [-0.1, -0.05) is 140 Å². The second kappa shape index (κ2) is 16.4. The minimum Gasteiger partial charge on any atom is -0.458 e. The van der Waals surface area contributed by atoms with E-state index in [4.69, 9.17) is 18.3 Å². The fourth-order valence-electron chi connectivity index (χ4n) is 14.2. The third-order valence-electron chi connectivity index (χ3n) is 17.9. The molecule has 13 aromatic carbocycles. The Morgan fingerprint density at radius 1 is 0.256 bits per heavy atom. The van der Waals surface area contributed by atoms with E-state index in [1.54, 1.807) is 0 Å². The molecule has 0 radical (unpaired) electrons. The molecule has 0 bridgehead atoms. The molecule has 4 aliphatic rings. The van der Waals surface area contributed by atoms with E-state index in [9.17, 15) is 0 Å². The Morgan fingerprint density at radius 2 is 0.732 bits per heavy atom. The first-order valence-corrected chi connectivity index (χ1v) is 28.1. The molecule has 2 aromatic heterocycles. The molecule has 19 rings (SSSR count). The quantitative estimate of drug-likeness (QED) is 0.164. The summed E-state index contributed by atoms with van der Waals surface area (Å²) in [6.45, 7) is -0.291. The molecule has 0 saturated carbocycles. The van der Waals surface area contributed by atoms with Crippen molar-refractivity contribution in [2.45, 2.75) is 0 Å². The minimum absolute atomic E-state index is 0.130. The number of anilines is 6. The molecule has 0 saturated heterocycles. The molecule has 8 heteroatoms. The molecule has 0 spiro atoms. The van der Waals surface area contributed by atoms with E-state index < -0.39 is 0 Å². The van der Waals surface area contributed by atoms with Gasteiger partial charge in [0.1, 0.15) is 45.3 Å². The van der Waals surface area contributed by atoms with E-state index in [1.165, 1.54) is 27.2 Å². The number of hydrogen-bond acceptors (Lipinski definition) is 6. The molecule has 0 unspecified atom stereocenters. The van der Waals surface area contributed by atoms with Crippen LogP contribution in [0.5, 0.6) is 23.0 Å². The number of fused-ring (bicyclic) bond motifs is 16. The fourth-order valence-corrected chi connectivity index (χ4v) is 14.2. The molecule has 0 N–H and O–H groups in total. The lowest BCUT2D eigenvalue weighted by Gasteiger charge is -2.45. The van der Waals surface area contributed by atoms with E-state index in [2.05, 4.69) is 265 Å². The maximum Gasteiger partial charge on any atom is 0.260 e. The lowest BCUT2D eigenvalue weighted by molar-refractivity contribution is 0.465. The lowest BCUT2D eigenvalue weighted by Crippen LogP contribution is -2.63. The van der Waals surface area contributed by atoms with Crippen LogP contribution in [0.3, 0.4) is 0 Å². The summed E-state index contributed by atoms with van der Waals surface area (Å²) in [7, 11) is 0. The van der Waals surface area contributed by atoms with E-state index >= 15 is 0 Å². The van der Waals surface area contributed by atoms with Crippen molar-refractivity contribution in [1.29, 1.82) is 0 Å². The van der Waals surface area contributed by atoms with Gasteiger partial charge in [-0.3, -0.25) is 0 Å². The molecule has 6 heterocycles. The van der Waals surface area contributed by atoms with Gasteiger partial charge in [-0.25, -0.2) is 0 Å². The van der Waals surface area contributed by atoms with Gasteiger partial charge in [0, 0.05) is 67.2 Å². The standard InChI is InChI=1S/C74H42B2N2O4/c1-3-19-51(20-4-1)77-61-25-13-11-23-57(61)75-59-41-60-70(82-72-40-50(39-71-74(72)76(60)58-24-12-14-26-67(58)81-71)48-28-30-66-54(34-48)56-32-44-16-8-10-18-46(44)38-69(56)80-66)42-62(59)78(52-21-5-2-6-22-52)64-36-49(35-63(77)73(64)75)47-27-29-65-53(33-47)55-31-43-15-7-9-17-45(43)37-68(55)79-65/h1-42H. The summed E-state index contributed by atoms with van der Waals surface area (Å²) in [5.74, 6) is 3.25. The molecular weight excluding hydrogens is 1000 g/mol. The number of benzene rings is 13. The molecule has 15 aromatic rings. The molecular formula is C74H42B2N2O4. The van der Waals surface area contributed by atoms with Crippen LogP contribution in [0.15, 0.2) is 264 Å². The van der Waals surface area contributed by atoms with Crippen LogP contribution in [-0.4, -0.2) is 13.4 Å². The van der Waals surface area contributed by atoms with E-state index in [-0.39, 0.29) is 13.4 Å². The molecule has 0 aliphatic carbocycles. The maximum atomic E-state index is 7.43. The summed E-state index contributed by atoms with van der Waals surface area (Å²) in [5, 5.41) is 9.04. The smallest absolute Gasteiger partial charge is 0.260 e. The van der Waals surface area contributed by atoms with Gasteiger partial charge < -0.3 is 28.1 Å². The zero-order valence-corrected chi connectivity index (χ0v) is 43.9. The van der Waals surface area contributed by atoms with Crippen molar-refractivity contribution in [3.05, 3.63) is 255 Å². The molecule has 4 aliphatic heterocycles. The highest BCUT2D eigenvalue weighted by molar-refractivity contribution is 7.02. The number of rotatable bonds is 4. The van der Waals surface area contributed by atoms with Crippen molar-refractivity contribution in [2.24, 2.45) is 0 Å². The van der Waals surface area contributed by atoms with Crippen LogP contribution in [0.25, 0.3) is 87.7 Å². The average Bonchev–Trinajstić information content (AvgIpc) is 1.28. The lowest BCUT2D eigenvalue weighted by atomic mass is 9.31.